The van der Waals surface area contributed by atoms with Crippen molar-refractivity contribution in [2.75, 3.05) is 11.9 Å². The summed E-state index contributed by atoms with van der Waals surface area (Å²) in [6.45, 7) is 2.87. The lowest BCUT2D eigenvalue weighted by atomic mass is 10.0. The van der Waals surface area contributed by atoms with Gasteiger partial charge in [0.2, 0.25) is 0 Å². The number of nitrogens with one attached hydrogen (secondary N) is 1. The van der Waals surface area contributed by atoms with Crippen LogP contribution in [0.15, 0.2) is 54.7 Å². The van der Waals surface area contributed by atoms with E-state index in [2.05, 4.69) is 10.3 Å². The Morgan fingerprint density at radius 2 is 1.76 bits per heavy atom. The van der Waals surface area contributed by atoms with E-state index in [-0.39, 0.29) is 5.97 Å². The average Bonchev–Trinajstić information content (AvgIpc) is 3.06. The summed E-state index contributed by atoms with van der Waals surface area (Å²) in [7, 11) is 0. The lowest BCUT2D eigenvalue weighted by molar-refractivity contribution is 0.0526. The maximum absolute atomic E-state index is 11.7. The van der Waals surface area contributed by atoms with Gasteiger partial charge >= 0.3 is 5.97 Å². The van der Waals surface area contributed by atoms with E-state index in [4.69, 9.17) is 16.3 Å². The van der Waals surface area contributed by atoms with Crippen molar-refractivity contribution in [2.24, 2.45) is 0 Å². The molecule has 0 saturated heterocycles. The van der Waals surface area contributed by atoms with E-state index in [1.807, 2.05) is 36.4 Å². The number of hydrogen-bond acceptors (Lipinski definition) is 5. The van der Waals surface area contributed by atoms with E-state index in [0.29, 0.717) is 23.2 Å². The van der Waals surface area contributed by atoms with Gasteiger partial charge < -0.3 is 10.1 Å². The van der Waals surface area contributed by atoms with Gasteiger partial charge in [0.05, 0.1) is 18.7 Å². The minimum Gasteiger partial charge on any atom is -0.462 e. The van der Waals surface area contributed by atoms with Crippen molar-refractivity contribution < 1.29 is 9.53 Å². The summed E-state index contributed by atoms with van der Waals surface area (Å²) in [5.74, 6) is -0.295. The van der Waals surface area contributed by atoms with Crippen LogP contribution in [0.25, 0.3) is 11.1 Å². The quantitative estimate of drug-likeness (QED) is 0.600. The second kappa shape index (κ2) is 8.14. The van der Waals surface area contributed by atoms with Crippen LogP contribution in [0.3, 0.4) is 0 Å². The molecule has 6 heteroatoms. The van der Waals surface area contributed by atoms with Crippen molar-refractivity contribution in [3.05, 3.63) is 69.6 Å². The first-order chi connectivity index (χ1) is 12.2. The molecule has 2 aromatic carbocycles. The van der Waals surface area contributed by atoms with Crippen molar-refractivity contribution in [1.82, 2.24) is 4.98 Å². The molecule has 1 N–H and O–H groups in total. The molecular formula is C19H17ClN2O2S. The van der Waals surface area contributed by atoms with Gasteiger partial charge in [-0.1, -0.05) is 35.9 Å². The molecule has 25 heavy (non-hydrogen) atoms. The molecule has 3 aromatic rings. The number of esters is 1. The van der Waals surface area contributed by atoms with Crippen molar-refractivity contribution in [3.63, 3.8) is 0 Å². The third-order valence-electron chi connectivity index (χ3n) is 3.61. The van der Waals surface area contributed by atoms with E-state index in [9.17, 15) is 4.79 Å². The Morgan fingerprint density at radius 1 is 1.12 bits per heavy atom. The Balaban J connectivity index is 1.64. The number of nitrogens with zero attached hydrogens (tertiary/aromatic N) is 1. The van der Waals surface area contributed by atoms with Crippen LogP contribution in [-0.4, -0.2) is 17.6 Å². The maximum Gasteiger partial charge on any atom is 0.338 e. The van der Waals surface area contributed by atoms with Gasteiger partial charge in [-0.25, -0.2) is 9.78 Å². The molecule has 1 heterocycles. The van der Waals surface area contributed by atoms with Crippen molar-refractivity contribution in [1.29, 1.82) is 0 Å². The predicted octanol–water partition coefficient (Wildman–Crippen LogP) is 5.25. The van der Waals surface area contributed by atoms with Crippen LogP contribution in [0.4, 0.5) is 5.69 Å². The molecule has 0 unspecified atom stereocenters. The highest BCUT2D eigenvalue weighted by atomic mass is 35.5. The minimum absolute atomic E-state index is 0.295. The van der Waals surface area contributed by atoms with E-state index in [0.717, 1.165) is 21.7 Å². The smallest absolute Gasteiger partial charge is 0.338 e. The summed E-state index contributed by atoms with van der Waals surface area (Å²) in [6, 6.07) is 15.6. The Kier molecular flexibility index (Phi) is 5.68. The zero-order valence-electron chi connectivity index (χ0n) is 13.7. The van der Waals surface area contributed by atoms with E-state index in [1.54, 1.807) is 25.3 Å². The van der Waals surface area contributed by atoms with Gasteiger partial charge in [-0.05, 0) is 42.3 Å². The largest absolute Gasteiger partial charge is 0.462 e. The first kappa shape index (κ1) is 17.5. The number of aromatic nitrogens is 1. The molecule has 4 nitrogen and oxygen atoms in total. The molecule has 0 fully saturated rings. The number of hydrogen-bond donors (Lipinski definition) is 1. The van der Waals surface area contributed by atoms with Crippen LogP contribution in [0.5, 0.6) is 0 Å². The number of thiazole rings is 1. The Morgan fingerprint density at radius 3 is 2.32 bits per heavy atom. The first-order valence-electron chi connectivity index (χ1n) is 7.87. The number of anilines is 1. The second-order valence-electron chi connectivity index (χ2n) is 5.31. The molecule has 0 bridgehead atoms. The van der Waals surface area contributed by atoms with E-state index in [1.165, 1.54) is 11.3 Å². The fourth-order valence-electron chi connectivity index (χ4n) is 2.35. The summed E-state index contributed by atoms with van der Waals surface area (Å²) in [6.07, 6.45) is 1.78. The Labute approximate surface area is 155 Å². The van der Waals surface area contributed by atoms with Crippen molar-refractivity contribution in [3.8, 4) is 11.1 Å². The van der Waals surface area contributed by atoms with Crippen LogP contribution in [0.2, 0.25) is 4.47 Å². The van der Waals surface area contributed by atoms with E-state index >= 15 is 0 Å². The van der Waals surface area contributed by atoms with Gasteiger partial charge in [-0.3, -0.25) is 0 Å². The molecule has 0 aliphatic heterocycles. The highest BCUT2D eigenvalue weighted by molar-refractivity contribution is 7.15. The predicted molar refractivity (Wildman–Crippen MR) is 102 cm³/mol. The van der Waals surface area contributed by atoms with Gasteiger partial charge in [-0.15, -0.1) is 11.3 Å². The molecule has 0 amide bonds. The minimum atomic E-state index is -0.295. The number of carbonyl (C=O) groups excluding carboxylic acids is 1. The highest BCUT2D eigenvalue weighted by Gasteiger charge is 2.06. The van der Waals surface area contributed by atoms with Crippen LogP contribution in [0, 0.1) is 0 Å². The molecule has 1 aromatic heterocycles. The molecule has 0 aliphatic rings. The molecule has 3 rings (SSSR count). The lowest BCUT2D eigenvalue weighted by Gasteiger charge is -2.07. The summed E-state index contributed by atoms with van der Waals surface area (Å²) >= 11 is 7.30. The van der Waals surface area contributed by atoms with Gasteiger partial charge in [0.1, 0.15) is 0 Å². The van der Waals surface area contributed by atoms with Gasteiger partial charge in [0.15, 0.2) is 4.47 Å². The molecule has 0 radical (unpaired) electrons. The molecule has 0 atom stereocenters. The normalized spacial score (nSPS) is 10.5. The standard InChI is InChI=1S/C19H17ClN2O2S/c1-2-24-18(23)15-5-3-13(4-6-15)14-7-9-16(10-8-14)21-11-17-12-22-19(20)25-17/h3-10,12,21H,2,11H2,1H3. The molecule has 0 saturated carbocycles. The number of rotatable bonds is 6. The zero-order valence-corrected chi connectivity index (χ0v) is 15.2. The van der Waals surface area contributed by atoms with Gasteiger partial charge in [-0.2, -0.15) is 0 Å². The molecule has 0 spiro atoms. The highest BCUT2D eigenvalue weighted by Crippen LogP contribution is 2.23. The molecule has 0 aliphatic carbocycles. The third kappa shape index (κ3) is 4.59. The lowest BCUT2D eigenvalue weighted by Crippen LogP contribution is -2.03. The summed E-state index contributed by atoms with van der Waals surface area (Å²) in [5.41, 5.74) is 3.72. The van der Waals surface area contributed by atoms with Crippen LogP contribution in [-0.2, 0) is 11.3 Å². The summed E-state index contributed by atoms with van der Waals surface area (Å²) < 4.78 is 5.55. The van der Waals surface area contributed by atoms with E-state index < -0.39 is 0 Å². The van der Waals surface area contributed by atoms with Crippen molar-refractivity contribution in [2.45, 2.75) is 13.5 Å². The number of halogens is 1. The fourth-order valence-corrected chi connectivity index (χ4v) is 3.27. The number of carbonyl (C=O) groups is 1. The molecule has 128 valence electrons. The maximum atomic E-state index is 11.7. The van der Waals surface area contributed by atoms with Gasteiger partial charge in [0, 0.05) is 16.8 Å². The second-order valence-corrected chi connectivity index (χ2v) is 7.01. The summed E-state index contributed by atoms with van der Waals surface area (Å²) in [5, 5.41) is 3.34. The zero-order chi connectivity index (χ0) is 17.6. The number of ether oxygens (including phenoxy) is 1. The van der Waals surface area contributed by atoms with Crippen LogP contribution >= 0.6 is 22.9 Å². The average molecular weight is 373 g/mol. The fraction of sp³-hybridized carbons (Fsp3) is 0.158. The third-order valence-corrected chi connectivity index (χ3v) is 4.72. The topological polar surface area (TPSA) is 51.2 Å². The first-order valence-corrected chi connectivity index (χ1v) is 9.07. The van der Waals surface area contributed by atoms with Crippen LogP contribution in [0.1, 0.15) is 22.2 Å². The number of benzene rings is 2. The Bertz CT molecular complexity index is 845. The van der Waals surface area contributed by atoms with Crippen molar-refractivity contribution >= 4 is 34.6 Å². The SMILES string of the molecule is CCOC(=O)c1ccc(-c2ccc(NCc3cnc(Cl)s3)cc2)cc1. The van der Waals surface area contributed by atoms with Gasteiger partial charge in [0.25, 0.3) is 0 Å². The monoisotopic (exact) mass is 372 g/mol. The molecular weight excluding hydrogens is 356 g/mol. The Hall–Kier alpha value is -2.37. The van der Waals surface area contributed by atoms with Crippen LogP contribution < -0.4 is 5.32 Å². The summed E-state index contributed by atoms with van der Waals surface area (Å²) in [4.78, 5) is 16.8.